The van der Waals surface area contributed by atoms with E-state index in [1.165, 1.54) is 0 Å². The molecule has 0 radical (unpaired) electrons. The van der Waals surface area contributed by atoms with E-state index in [9.17, 15) is 14.0 Å². The number of carbonyl (C=O) groups is 2. The summed E-state index contributed by atoms with van der Waals surface area (Å²) >= 11 is 0. The molecule has 0 heterocycles. The van der Waals surface area contributed by atoms with E-state index >= 15 is 0 Å². The quantitative estimate of drug-likeness (QED) is 0.753. The van der Waals surface area contributed by atoms with Gasteiger partial charge in [-0.05, 0) is 18.2 Å². The van der Waals surface area contributed by atoms with Crippen LogP contribution in [0.25, 0.3) is 0 Å². The molecule has 0 spiro atoms. The highest BCUT2D eigenvalue weighted by atomic mass is 19.1. The van der Waals surface area contributed by atoms with Crippen LogP contribution in [-0.2, 0) is 4.79 Å². The number of amides is 1. The van der Waals surface area contributed by atoms with Gasteiger partial charge >= 0.3 is 5.97 Å². The zero-order valence-corrected chi connectivity index (χ0v) is 9.27. The largest absolute Gasteiger partial charge is 0.483 e. The minimum atomic E-state index is -1.34. The number of carboxylic acid groups (broad SMARTS) is 1. The van der Waals surface area contributed by atoms with E-state index in [0.717, 1.165) is 18.2 Å². The van der Waals surface area contributed by atoms with E-state index in [0.29, 0.717) is 0 Å². The summed E-state index contributed by atoms with van der Waals surface area (Å²) in [7, 11) is 0. The third-order valence-corrected chi connectivity index (χ3v) is 1.92. The average molecular weight is 251 g/mol. The number of hydrogen-bond donors (Lipinski definition) is 2. The molecule has 0 fully saturated rings. The zero-order valence-electron chi connectivity index (χ0n) is 9.27. The van der Waals surface area contributed by atoms with E-state index in [1.54, 1.807) is 0 Å². The lowest BCUT2D eigenvalue weighted by atomic mass is 10.2. The molecular formula is C12H10FNO4. The maximum atomic E-state index is 12.9. The number of hydrogen-bond acceptors (Lipinski definition) is 3. The van der Waals surface area contributed by atoms with Crippen molar-refractivity contribution in [1.29, 1.82) is 0 Å². The second kappa shape index (κ2) is 6.25. The monoisotopic (exact) mass is 251 g/mol. The first kappa shape index (κ1) is 13.5. The van der Waals surface area contributed by atoms with E-state index in [1.807, 2.05) is 0 Å². The fraction of sp³-hybridized carbons (Fsp3) is 0.167. The molecule has 0 aliphatic rings. The fourth-order valence-corrected chi connectivity index (χ4v) is 1.14. The Bertz CT molecular complexity index is 507. The number of carbonyl (C=O) groups excluding carboxylic acids is 1. The number of rotatable bonds is 5. The van der Waals surface area contributed by atoms with Crippen LogP contribution >= 0.6 is 0 Å². The molecule has 0 atom stereocenters. The molecule has 0 aliphatic carbocycles. The van der Waals surface area contributed by atoms with Crippen molar-refractivity contribution in [2.45, 2.75) is 0 Å². The molecule has 18 heavy (non-hydrogen) atoms. The van der Waals surface area contributed by atoms with E-state index in [-0.39, 0.29) is 17.9 Å². The van der Waals surface area contributed by atoms with Gasteiger partial charge in [-0.3, -0.25) is 4.79 Å². The number of aromatic carboxylic acids is 1. The van der Waals surface area contributed by atoms with Gasteiger partial charge in [-0.1, -0.05) is 5.92 Å². The first-order chi connectivity index (χ1) is 8.54. The van der Waals surface area contributed by atoms with Gasteiger partial charge in [-0.25, -0.2) is 9.18 Å². The standard InChI is InChI=1S/C12H10FNO4/c1-2-5-14-11(15)7-18-10-4-3-8(13)6-9(10)12(16)17/h1,3-4,6H,5,7H2,(H,14,15)(H,16,17). The molecule has 1 aromatic rings. The summed E-state index contributed by atoms with van der Waals surface area (Å²) in [5.41, 5.74) is -0.347. The Morgan fingerprint density at radius 1 is 1.50 bits per heavy atom. The SMILES string of the molecule is C#CCNC(=O)COc1ccc(F)cc1C(=O)O. The molecule has 6 heteroatoms. The minimum absolute atomic E-state index is 0.0530. The first-order valence-electron chi connectivity index (χ1n) is 4.90. The molecule has 0 saturated heterocycles. The Morgan fingerprint density at radius 3 is 2.83 bits per heavy atom. The summed E-state index contributed by atoms with van der Waals surface area (Å²) in [6, 6.07) is 3.01. The Hall–Kier alpha value is -2.55. The summed E-state index contributed by atoms with van der Waals surface area (Å²) in [6.45, 7) is -0.342. The summed E-state index contributed by atoms with van der Waals surface area (Å²) in [5.74, 6) is -0.410. The van der Waals surface area contributed by atoms with Crippen molar-refractivity contribution in [1.82, 2.24) is 5.32 Å². The molecule has 0 unspecified atom stereocenters. The fourth-order valence-electron chi connectivity index (χ4n) is 1.14. The number of ether oxygens (including phenoxy) is 1. The van der Waals surface area contributed by atoms with Crippen LogP contribution < -0.4 is 10.1 Å². The van der Waals surface area contributed by atoms with Crippen LogP contribution in [0.4, 0.5) is 4.39 Å². The highest BCUT2D eigenvalue weighted by Gasteiger charge is 2.13. The van der Waals surface area contributed by atoms with Crippen molar-refractivity contribution < 1.29 is 23.8 Å². The van der Waals surface area contributed by atoms with Gasteiger partial charge in [0.05, 0.1) is 6.54 Å². The number of nitrogens with one attached hydrogen (secondary N) is 1. The van der Waals surface area contributed by atoms with Crippen LogP contribution in [0, 0.1) is 18.2 Å². The molecule has 94 valence electrons. The Balaban J connectivity index is 2.70. The molecule has 2 N–H and O–H groups in total. The summed E-state index contributed by atoms with van der Waals surface area (Å²) < 4.78 is 17.8. The molecule has 5 nitrogen and oxygen atoms in total. The van der Waals surface area contributed by atoms with Gasteiger partial charge in [0.15, 0.2) is 6.61 Å². The Labute approximate surface area is 103 Å². The van der Waals surface area contributed by atoms with Crippen molar-refractivity contribution >= 4 is 11.9 Å². The van der Waals surface area contributed by atoms with Crippen molar-refractivity contribution in [2.75, 3.05) is 13.2 Å². The van der Waals surface area contributed by atoms with Gasteiger partial charge in [0, 0.05) is 0 Å². The van der Waals surface area contributed by atoms with Gasteiger partial charge in [0.2, 0.25) is 0 Å². The van der Waals surface area contributed by atoms with Crippen molar-refractivity contribution in [3.8, 4) is 18.1 Å². The highest BCUT2D eigenvalue weighted by Crippen LogP contribution is 2.19. The van der Waals surface area contributed by atoms with Gasteiger partial charge in [0.25, 0.3) is 5.91 Å². The van der Waals surface area contributed by atoms with Crippen molar-refractivity contribution in [3.63, 3.8) is 0 Å². The van der Waals surface area contributed by atoms with Gasteiger partial charge < -0.3 is 15.2 Å². The second-order valence-corrected chi connectivity index (χ2v) is 3.22. The molecule has 0 aromatic heterocycles. The lowest BCUT2D eigenvalue weighted by molar-refractivity contribution is -0.122. The minimum Gasteiger partial charge on any atom is -0.483 e. The normalized spacial score (nSPS) is 9.33. The van der Waals surface area contributed by atoms with Crippen LogP contribution in [0.3, 0.4) is 0 Å². The molecule has 0 aliphatic heterocycles. The third kappa shape index (κ3) is 3.79. The average Bonchev–Trinajstić information content (AvgIpc) is 2.34. The van der Waals surface area contributed by atoms with E-state index in [2.05, 4.69) is 11.2 Å². The smallest absolute Gasteiger partial charge is 0.339 e. The lowest BCUT2D eigenvalue weighted by Gasteiger charge is -2.08. The van der Waals surface area contributed by atoms with Gasteiger partial charge in [0.1, 0.15) is 17.1 Å². The predicted molar refractivity (Wildman–Crippen MR) is 60.7 cm³/mol. The number of halogens is 1. The number of carboxylic acids is 1. The third-order valence-electron chi connectivity index (χ3n) is 1.92. The molecule has 1 rings (SSSR count). The zero-order chi connectivity index (χ0) is 13.5. The van der Waals surface area contributed by atoms with Crippen LogP contribution in [0.15, 0.2) is 18.2 Å². The lowest BCUT2D eigenvalue weighted by Crippen LogP contribution is -2.29. The van der Waals surface area contributed by atoms with Gasteiger partial charge in [-0.15, -0.1) is 6.42 Å². The van der Waals surface area contributed by atoms with Crippen LogP contribution in [0.1, 0.15) is 10.4 Å². The second-order valence-electron chi connectivity index (χ2n) is 3.22. The maximum absolute atomic E-state index is 12.9. The van der Waals surface area contributed by atoms with Crippen LogP contribution in [0.5, 0.6) is 5.75 Å². The van der Waals surface area contributed by atoms with Gasteiger partial charge in [-0.2, -0.15) is 0 Å². The van der Waals surface area contributed by atoms with E-state index in [4.69, 9.17) is 16.3 Å². The van der Waals surface area contributed by atoms with Crippen LogP contribution in [-0.4, -0.2) is 30.1 Å². The van der Waals surface area contributed by atoms with E-state index < -0.39 is 24.3 Å². The van der Waals surface area contributed by atoms with Crippen molar-refractivity contribution in [3.05, 3.63) is 29.6 Å². The maximum Gasteiger partial charge on any atom is 0.339 e. The molecule has 0 saturated carbocycles. The predicted octanol–water partition coefficient (Wildman–Crippen LogP) is 0.652. The van der Waals surface area contributed by atoms with Crippen LogP contribution in [0.2, 0.25) is 0 Å². The van der Waals surface area contributed by atoms with Crippen molar-refractivity contribution in [2.24, 2.45) is 0 Å². The summed E-state index contributed by atoms with van der Waals surface area (Å²) in [4.78, 5) is 22.0. The first-order valence-corrected chi connectivity index (χ1v) is 4.90. The molecule has 0 bridgehead atoms. The molecular weight excluding hydrogens is 241 g/mol. The number of benzene rings is 1. The highest BCUT2D eigenvalue weighted by molar-refractivity contribution is 5.91. The molecule has 1 aromatic carbocycles. The topological polar surface area (TPSA) is 75.6 Å². The number of terminal acetylenes is 1. The Kier molecular flexibility index (Phi) is 4.69. The summed E-state index contributed by atoms with van der Waals surface area (Å²) in [6.07, 6.45) is 4.94. The summed E-state index contributed by atoms with van der Waals surface area (Å²) in [5, 5.41) is 11.2. The Morgan fingerprint density at radius 2 is 2.22 bits per heavy atom. The molecule has 1 amide bonds.